The van der Waals surface area contributed by atoms with Crippen molar-refractivity contribution in [2.75, 3.05) is 5.75 Å². The Morgan fingerprint density at radius 1 is 1.41 bits per heavy atom. The van der Waals surface area contributed by atoms with E-state index in [4.69, 9.17) is 0 Å². The molecule has 4 nitrogen and oxygen atoms in total. The SMILES string of the molecule is Cc1ccc(C(=O)CSc2nnc(C)n2C)s1. The van der Waals surface area contributed by atoms with Crippen LogP contribution in [0.4, 0.5) is 0 Å². The summed E-state index contributed by atoms with van der Waals surface area (Å²) in [7, 11) is 1.90. The number of thioether (sulfide) groups is 1. The molecule has 0 aliphatic rings. The summed E-state index contributed by atoms with van der Waals surface area (Å²) in [4.78, 5) is 13.9. The second-order valence-electron chi connectivity index (χ2n) is 3.71. The molecule has 0 bridgehead atoms. The van der Waals surface area contributed by atoms with Gasteiger partial charge in [0.1, 0.15) is 5.82 Å². The molecule has 0 saturated heterocycles. The third kappa shape index (κ3) is 2.76. The maximum absolute atomic E-state index is 11.9. The van der Waals surface area contributed by atoms with Crippen molar-refractivity contribution in [1.29, 1.82) is 0 Å². The highest BCUT2D eigenvalue weighted by Crippen LogP contribution is 2.20. The number of hydrogen-bond acceptors (Lipinski definition) is 5. The van der Waals surface area contributed by atoms with Gasteiger partial charge in [-0.3, -0.25) is 4.79 Å². The highest BCUT2D eigenvalue weighted by Gasteiger charge is 2.12. The number of carbonyl (C=O) groups is 1. The third-order valence-electron chi connectivity index (χ3n) is 2.40. The molecule has 0 saturated carbocycles. The Kier molecular flexibility index (Phi) is 3.63. The first-order chi connectivity index (χ1) is 8.08. The number of carbonyl (C=O) groups excluding carboxylic acids is 1. The molecule has 0 atom stereocenters. The lowest BCUT2D eigenvalue weighted by molar-refractivity contribution is 0.102. The van der Waals surface area contributed by atoms with Gasteiger partial charge in [0.25, 0.3) is 0 Å². The first-order valence-electron chi connectivity index (χ1n) is 5.16. The van der Waals surface area contributed by atoms with Gasteiger partial charge in [0.15, 0.2) is 10.9 Å². The average molecular weight is 267 g/mol. The Hall–Kier alpha value is -1.14. The third-order valence-corrected chi connectivity index (χ3v) is 4.46. The molecule has 0 aliphatic heterocycles. The van der Waals surface area contributed by atoms with E-state index < -0.39 is 0 Å². The zero-order valence-corrected chi connectivity index (χ0v) is 11.6. The second kappa shape index (κ2) is 5.01. The van der Waals surface area contributed by atoms with Crippen molar-refractivity contribution in [2.24, 2.45) is 7.05 Å². The molecule has 0 aromatic carbocycles. The molecular formula is C11H13N3OS2. The maximum Gasteiger partial charge on any atom is 0.191 e. The van der Waals surface area contributed by atoms with Crippen molar-refractivity contribution in [3.63, 3.8) is 0 Å². The van der Waals surface area contributed by atoms with E-state index in [-0.39, 0.29) is 5.78 Å². The second-order valence-corrected chi connectivity index (χ2v) is 5.94. The van der Waals surface area contributed by atoms with E-state index in [0.29, 0.717) is 5.75 Å². The van der Waals surface area contributed by atoms with Crippen molar-refractivity contribution in [3.8, 4) is 0 Å². The minimum atomic E-state index is 0.147. The molecule has 90 valence electrons. The monoisotopic (exact) mass is 267 g/mol. The van der Waals surface area contributed by atoms with Crippen molar-refractivity contribution < 1.29 is 4.79 Å². The molecule has 0 spiro atoms. The Labute approximate surface area is 108 Å². The Bertz CT molecular complexity index is 545. The number of Topliss-reactive ketones (excluding diaryl/α,β-unsaturated/α-hetero) is 1. The van der Waals surface area contributed by atoms with Gasteiger partial charge < -0.3 is 4.57 Å². The zero-order chi connectivity index (χ0) is 12.4. The smallest absolute Gasteiger partial charge is 0.191 e. The summed E-state index contributed by atoms with van der Waals surface area (Å²) in [5.41, 5.74) is 0. The minimum Gasteiger partial charge on any atom is -0.309 e. The fourth-order valence-corrected chi connectivity index (χ4v) is 3.04. The standard InChI is InChI=1S/C11H13N3OS2/c1-7-4-5-10(17-7)9(15)6-16-11-13-12-8(2)14(11)3/h4-5H,6H2,1-3H3. The van der Waals surface area contributed by atoms with Crippen LogP contribution in [0.25, 0.3) is 0 Å². The van der Waals surface area contributed by atoms with Crippen LogP contribution >= 0.6 is 23.1 Å². The molecule has 6 heteroatoms. The van der Waals surface area contributed by atoms with Crippen LogP contribution in [0.3, 0.4) is 0 Å². The van der Waals surface area contributed by atoms with Gasteiger partial charge in [0.05, 0.1) is 10.6 Å². The van der Waals surface area contributed by atoms with Crippen molar-refractivity contribution in [1.82, 2.24) is 14.8 Å². The molecule has 0 fully saturated rings. The summed E-state index contributed by atoms with van der Waals surface area (Å²) in [5, 5.41) is 8.75. The lowest BCUT2D eigenvalue weighted by Crippen LogP contribution is -2.01. The van der Waals surface area contributed by atoms with Gasteiger partial charge in [-0.05, 0) is 26.0 Å². The van der Waals surface area contributed by atoms with E-state index in [2.05, 4.69) is 10.2 Å². The number of rotatable bonds is 4. The molecular weight excluding hydrogens is 254 g/mol. The van der Waals surface area contributed by atoms with Crippen LogP contribution < -0.4 is 0 Å². The summed E-state index contributed by atoms with van der Waals surface area (Å²) in [5.74, 6) is 1.41. The molecule has 0 N–H and O–H groups in total. The summed E-state index contributed by atoms with van der Waals surface area (Å²) < 4.78 is 1.89. The van der Waals surface area contributed by atoms with Crippen LogP contribution in [0.5, 0.6) is 0 Å². The van der Waals surface area contributed by atoms with Gasteiger partial charge in [0.2, 0.25) is 0 Å². The lowest BCUT2D eigenvalue weighted by atomic mass is 10.3. The molecule has 2 rings (SSSR count). The van der Waals surface area contributed by atoms with E-state index in [1.807, 2.05) is 37.6 Å². The number of hydrogen-bond donors (Lipinski definition) is 0. The lowest BCUT2D eigenvalue weighted by Gasteiger charge is -1.99. The molecule has 2 heterocycles. The average Bonchev–Trinajstić information content (AvgIpc) is 2.86. The summed E-state index contributed by atoms with van der Waals surface area (Å²) in [6, 6.07) is 3.85. The number of aryl methyl sites for hydroxylation is 2. The van der Waals surface area contributed by atoms with Crippen molar-refractivity contribution in [3.05, 3.63) is 27.7 Å². The zero-order valence-electron chi connectivity index (χ0n) is 9.93. The van der Waals surface area contributed by atoms with Crippen LogP contribution in [-0.2, 0) is 7.05 Å². The van der Waals surface area contributed by atoms with Gasteiger partial charge >= 0.3 is 0 Å². The number of aromatic nitrogens is 3. The Balaban J connectivity index is 1.99. The fraction of sp³-hybridized carbons (Fsp3) is 0.364. The van der Waals surface area contributed by atoms with Gasteiger partial charge in [-0.2, -0.15) is 0 Å². The molecule has 2 aromatic heterocycles. The van der Waals surface area contributed by atoms with E-state index in [1.54, 1.807) is 0 Å². The summed E-state index contributed by atoms with van der Waals surface area (Å²) in [6.45, 7) is 3.89. The maximum atomic E-state index is 11.9. The van der Waals surface area contributed by atoms with E-state index in [1.165, 1.54) is 23.1 Å². The van der Waals surface area contributed by atoms with Gasteiger partial charge in [-0.1, -0.05) is 11.8 Å². The van der Waals surface area contributed by atoms with E-state index >= 15 is 0 Å². The van der Waals surface area contributed by atoms with Crippen molar-refractivity contribution in [2.45, 2.75) is 19.0 Å². The van der Waals surface area contributed by atoms with Crippen LogP contribution in [0, 0.1) is 13.8 Å². The van der Waals surface area contributed by atoms with Gasteiger partial charge in [0, 0.05) is 11.9 Å². The van der Waals surface area contributed by atoms with Crippen LogP contribution in [-0.4, -0.2) is 26.3 Å². The fourth-order valence-electron chi connectivity index (χ4n) is 1.30. The van der Waals surface area contributed by atoms with Crippen LogP contribution in [0.2, 0.25) is 0 Å². The molecule has 17 heavy (non-hydrogen) atoms. The topological polar surface area (TPSA) is 47.8 Å². The quantitative estimate of drug-likeness (QED) is 0.630. The van der Waals surface area contributed by atoms with Crippen LogP contribution in [0.1, 0.15) is 20.4 Å². The molecule has 0 amide bonds. The first kappa shape index (κ1) is 12.3. The number of ketones is 1. The largest absolute Gasteiger partial charge is 0.309 e. The van der Waals surface area contributed by atoms with Gasteiger partial charge in [-0.25, -0.2) is 0 Å². The summed E-state index contributed by atoms with van der Waals surface area (Å²) in [6.07, 6.45) is 0. The molecule has 0 aliphatic carbocycles. The van der Waals surface area contributed by atoms with Gasteiger partial charge in [-0.15, -0.1) is 21.5 Å². The first-order valence-corrected chi connectivity index (χ1v) is 6.96. The summed E-state index contributed by atoms with van der Waals surface area (Å²) >= 11 is 2.96. The number of thiophene rings is 1. The predicted molar refractivity (Wildman–Crippen MR) is 69.9 cm³/mol. The Morgan fingerprint density at radius 3 is 2.71 bits per heavy atom. The highest BCUT2D eigenvalue weighted by molar-refractivity contribution is 7.99. The molecule has 0 radical (unpaired) electrons. The van der Waals surface area contributed by atoms with E-state index in [9.17, 15) is 4.79 Å². The normalized spacial score (nSPS) is 10.8. The highest BCUT2D eigenvalue weighted by atomic mass is 32.2. The Morgan fingerprint density at radius 2 is 2.18 bits per heavy atom. The van der Waals surface area contributed by atoms with Crippen LogP contribution in [0.15, 0.2) is 17.3 Å². The van der Waals surface area contributed by atoms with Crippen molar-refractivity contribution >= 4 is 28.9 Å². The minimum absolute atomic E-state index is 0.147. The molecule has 2 aromatic rings. The molecule has 0 unspecified atom stereocenters. The predicted octanol–water partition coefficient (Wildman–Crippen LogP) is 2.47. The number of nitrogens with zero attached hydrogens (tertiary/aromatic N) is 3. The van der Waals surface area contributed by atoms with E-state index in [0.717, 1.165) is 20.7 Å².